The molecule has 0 aliphatic rings. The monoisotopic (exact) mass is 230 g/mol. The zero-order valence-electron chi connectivity index (χ0n) is 10.4. The second-order valence-electron chi connectivity index (χ2n) is 4.33. The van der Waals surface area contributed by atoms with Crippen LogP contribution in [-0.4, -0.2) is 29.2 Å². The van der Waals surface area contributed by atoms with Gasteiger partial charge in [0, 0.05) is 6.04 Å². The normalized spacial score (nSPS) is 14.3. The topological polar surface area (TPSA) is 78.4 Å². The van der Waals surface area contributed by atoms with Crippen LogP contribution in [-0.2, 0) is 4.79 Å². The number of carboxylic acid groups (broad SMARTS) is 1. The summed E-state index contributed by atoms with van der Waals surface area (Å²) in [6, 6.07) is -1.19. The molecule has 0 rings (SSSR count). The Morgan fingerprint density at radius 2 is 1.75 bits per heavy atom. The third kappa shape index (κ3) is 5.58. The number of carboxylic acids is 1. The van der Waals surface area contributed by atoms with Crippen LogP contribution in [0, 0.1) is 5.92 Å². The van der Waals surface area contributed by atoms with Crippen LogP contribution < -0.4 is 10.6 Å². The summed E-state index contributed by atoms with van der Waals surface area (Å²) in [5.74, 6) is -0.672. The van der Waals surface area contributed by atoms with Crippen molar-refractivity contribution >= 4 is 12.0 Å². The Morgan fingerprint density at radius 3 is 2.12 bits per heavy atom. The number of nitrogens with one attached hydrogen (secondary N) is 2. The van der Waals surface area contributed by atoms with Crippen molar-refractivity contribution in [1.82, 2.24) is 10.6 Å². The predicted molar refractivity (Wildman–Crippen MR) is 62.3 cm³/mol. The van der Waals surface area contributed by atoms with Gasteiger partial charge in [0.2, 0.25) is 0 Å². The lowest BCUT2D eigenvalue weighted by atomic mass is 10.1. The summed E-state index contributed by atoms with van der Waals surface area (Å²) in [4.78, 5) is 22.3. The molecule has 5 heteroatoms. The second-order valence-corrected chi connectivity index (χ2v) is 4.33. The minimum absolute atomic E-state index is 0.0241. The number of aliphatic carboxylic acids is 1. The van der Waals surface area contributed by atoms with Gasteiger partial charge in [0.15, 0.2) is 0 Å². The molecule has 2 amide bonds. The van der Waals surface area contributed by atoms with Gasteiger partial charge < -0.3 is 15.7 Å². The highest BCUT2D eigenvalue weighted by Crippen LogP contribution is 2.00. The summed E-state index contributed by atoms with van der Waals surface area (Å²) in [5, 5.41) is 14.0. The molecule has 0 aliphatic carbocycles. The van der Waals surface area contributed by atoms with Crippen molar-refractivity contribution in [2.45, 2.75) is 52.6 Å². The maximum atomic E-state index is 11.5. The van der Waals surface area contributed by atoms with Gasteiger partial charge in [0.05, 0.1) is 0 Å². The Labute approximate surface area is 96.6 Å². The van der Waals surface area contributed by atoms with E-state index in [0.717, 1.165) is 6.42 Å². The minimum atomic E-state index is -0.991. The Balaban J connectivity index is 4.14. The van der Waals surface area contributed by atoms with E-state index in [1.807, 2.05) is 27.7 Å². The van der Waals surface area contributed by atoms with Crippen LogP contribution >= 0.6 is 0 Å². The molecule has 3 N–H and O–H groups in total. The number of hydrogen-bond donors (Lipinski definition) is 3. The van der Waals surface area contributed by atoms with E-state index < -0.39 is 18.0 Å². The molecular formula is C11H22N2O3. The Hall–Kier alpha value is -1.26. The number of carbonyl (C=O) groups is 2. The van der Waals surface area contributed by atoms with Crippen molar-refractivity contribution in [3.05, 3.63) is 0 Å². The first kappa shape index (κ1) is 14.7. The summed E-state index contributed by atoms with van der Waals surface area (Å²) in [7, 11) is 0. The van der Waals surface area contributed by atoms with Gasteiger partial charge in [-0.15, -0.1) is 0 Å². The van der Waals surface area contributed by atoms with Crippen molar-refractivity contribution in [1.29, 1.82) is 0 Å². The van der Waals surface area contributed by atoms with Crippen LogP contribution in [0.2, 0.25) is 0 Å². The van der Waals surface area contributed by atoms with Gasteiger partial charge in [-0.25, -0.2) is 9.59 Å². The largest absolute Gasteiger partial charge is 0.480 e. The third-order valence-corrected chi connectivity index (χ3v) is 2.54. The molecule has 16 heavy (non-hydrogen) atoms. The van der Waals surface area contributed by atoms with Crippen LogP contribution in [0.5, 0.6) is 0 Å². The molecule has 0 aromatic carbocycles. The highest BCUT2D eigenvalue weighted by Gasteiger charge is 2.19. The number of hydrogen-bond acceptors (Lipinski definition) is 2. The maximum Gasteiger partial charge on any atom is 0.326 e. The third-order valence-electron chi connectivity index (χ3n) is 2.54. The molecule has 0 aromatic rings. The fourth-order valence-electron chi connectivity index (χ4n) is 1.12. The average Bonchev–Trinajstić information content (AvgIpc) is 2.16. The van der Waals surface area contributed by atoms with Crippen LogP contribution in [0.15, 0.2) is 0 Å². The minimum Gasteiger partial charge on any atom is -0.480 e. The summed E-state index contributed by atoms with van der Waals surface area (Å²) >= 11 is 0. The second kappa shape index (κ2) is 7.09. The lowest BCUT2D eigenvalue weighted by Crippen LogP contribution is -2.49. The first-order valence-electron chi connectivity index (χ1n) is 5.68. The fourth-order valence-corrected chi connectivity index (χ4v) is 1.12. The van der Waals surface area contributed by atoms with Crippen LogP contribution in [0.25, 0.3) is 0 Å². The summed E-state index contributed by atoms with van der Waals surface area (Å²) in [5.41, 5.74) is 0. The number of amides is 2. The molecule has 0 heterocycles. The fraction of sp³-hybridized carbons (Fsp3) is 0.818. The molecule has 0 saturated carbocycles. The Bertz CT molecular complexity index is 241. The summed E-state index contributed by atoms with van der Waals surface area (Å²) in [6.45, 7) is 7.75. The van der Waals surface area contributed by atoms with Gasteiger partial charge in [-0.1, -0.05) is 27.2 Å². The van der Waals surface area contributed by atoms with Crippen LogP contribution in [0.4, 0.5) is 4.79 Å². The SMILES string of the molecule is CCCC(NC(=O)NC(C)C(C)C)C(=O)O. The van der Waals surface area contributed by atoms with E-state index in [4.69, 9.17) is 5.11 Å². The summed E-state index contributed by atoms with van der Waals surface area (Å²) < 4.78 is 0. The van der Waals surface area contributed by atoms with Crippen LogP contribution in [0.1, 0.15) is 40.5 Å². The molecule has 0 aliphatic heterocycles. The molecule has 5 nitrogen and oxygen atoms in total. The standard InChI is InChI=1S/C11H22N2O3/c1-5-6-9(10(14)15)13-11(16)12-8(4)7(2)3/h7-9H,5-6H2,1-4H3,(H,14,15)(H2,12,13,16). The van der Waals surface area contributed by atoms with Gasteiger partial charge in [0.1, 0.15) is 6.04 Å². The number of rotatable bonds is 6. The lowest BCUT2D eigenvalue weighted by Gasteiger charge is -2.20. The van der Waals surface area contributed by atoms with Gasteiger partial charge in [-0.05, 0) is 19.3 Å². The Kier molecular flexibility index (Phi) is 6.53. The van der Waals surface area contributed by atoms with Gasteiger partial charge in [-0.3, -0.25) is 0 Å². The highest BCUT2D eigenvalue weighted by molar-refractivity contribution is 5.82. The maximum absolute atomic E-state index is 11.5. The van der Waals surface area contributed by atoms with Crippen molar-refractivity contribution in [3.8, 4) is 0 Å². The van der Waals surface area contributed by atoms with E-state index in [1.165, 1.54) is 0 Å². The average molecular weight is 230 g/mol. The van der Waals surface area contributed by atoms with Crippen LogP contribution in [0.3, 0.4) is 0 Å². The molecule has 0 aromatic heterocycles. The van der Waals surface area contributed by atoms with Crippen molar-refractivity contribution < 1.29 is 14.7 Å². The van der Waals surface area contributed by atoms with Crippen molar-refractivity contribution in [2.75, 3.05) is 0 Å². The first-order valence-corrected chi connectivity index (χ1v) is 5.68. The molecule has 2 atom stereocenters. The molecule has 94 valence electrons. The molecule has 0 bridgehead atoms. The molecule has 0 radical (unpaired) electrons. The molecule has 0 saturated heterocycles. The van der Waals surface area contributed by atoms with Gasteiger partial charge >= 0.3 is 12.0 Å². The summed E-state index contributed by atoms with van der Waals surface area (Å²) in [6.07, 6.45) is 1.16. The smallest absolute Gasteiger partial charge is 0.326 e. The van der Waals surface area contributed by atoms with Crippen molar-refractivity contribution in [2.24, 2.45) is 5.92 Å². The quantitative estimate of drug-likeness (QED) is 0.648. The van der Waals surface area contributed by atoms with E-state index in [1.54, 1.807) is 0 Å². The molecule has 0 spiro atoms. The predicted octanol–water partition coefficient (Wildman–Crippen LogP) is 1.58. The van der Waals surface area contributed by atoms with E-state index in [9.17, 15) is 9.59 Å². The zero-order chi connectivity index (χ0) is 12.7. The Morgan fingerprint density at radius 1 is 1.19 bits per heavy atom. The number of urea groups is 1. The molecule has 2 unspecified atom stereocenters. The van der Waals surface area contributed by atoms with Crippen molar-refractivity contribution in [3.63, 3.8) is 0 Å². The van der Waals surface area contributed by atoms with E-state index in [0.29, 0.717) is 12.3 Å². The molecule has 0 fully saturated rings. The zero-order valence-corrected chi connectivity index (χ0v) is 10.4. The van der Waals surface area contributed by atoms with E-state index >= 15 is 0 Å². The van der Waals surface area contributed by atoms with E-state index in [2.05, 4.69) is 10.6 Å². The highest BCUT2D eigenvalue weighted by atomic mass is 16.4. The van der Waals surface area contributed by atoms with Gasteiger partial charge in [0.25, 0.3) is 0 Å². The first-order chi connectivity index (χ1) is 7.38. The molecular weight excluding hydrogens is 208 g/mol. The van der Waals surface area contributed by atoms with E-state index in [-0.39, 0.29) is 6.04 Å². The number of carbonyl (C=O) groups excluding carboxylic acids is 1. The lowest BCUT2D eigenvalue weighted by molar-refractivity contribution is -0.139. The van der Waals surface area contributed by atoms with Gasteiger partial charge in [-0.2, -0.15) is 0 Å².